The van der Waals surface area contributed by atoms with Crippen LogP contribution in [0, 0.1) is 0 Å². The molecule has 0 saturated carbocycles. The molecule has 0 saturated heterocycles. The number of hydrogen-bond acceptors (Lipinski definition) is 3. The van der Waals surface area contributed by atoms with Gasteiger partial charge in [-0.1, -0.05) is 37.3 Å². The average Bonchev–Trinajstić information content (AvgIpc) is 2.45. The van der Waals surface area contributed by atoms with Gasteiger partial charge in [0.1, 0.15) is 12.2 Å². The molecular formula is C15H16N2O2. The van der Waals surface area contributed by atoms with E-state index in [9.17, 15) is 9.90 Å². The van der Waals surface area contributed by atoms with E-state index in [0.717, 1.165) is 17.7 Å². The van der Waals surface area contributed by atoms with Crippen LogP contribution in [0.1, 0.15) is 29.8 Å². The Hall–Kier alpha value is -2.23. The Morgan fingerprint density at radius 3 is 2.63 bits per heavy atom. The van der Waals surface area contributed by atoms with Gasteiger partial charge in [0.15, 0.2) is 0 Å². The Kier molecular flexibility index (Phi) is 4.23. The molecule has 19 heavy (non-hydrogen) atoms. The summed E-state index contributed by atoms with van der Waals surface area (Å²) in [5.74, 6) is -1.49. The van der Waals surface area contributed by atoms with Gasteiger partial charge in [-0.15, -0.1) is 0 Å². The van der Waals surface area contributed by atoms with E-state index in [0.29, 0.717) is 12.1 Å². The first kappa shape index (κ1) is 13.2. The van der Waals surface area contributed by atoms with Crippen molar-refractivity contribution in [3.05, 3.63) is 59.7 Å². The zero-order valence-electron chi connectivity index (χ0n) is 10.8. The van der Waals surface area contributed by atoms with E-state index in [-0.39, 0.29) is 0 Å². The van der Waals surface area contributed by atoms with Crippen LogP contribution in [0.4, 0.5) is 0 Å². The van der Waals surface area contributed by atoms with Crippen molar-refractivity contribution < 1.29 is 9.90 Å². The molecule has 0 bridgehead atoms. The van der Waals surface area contributed by atoms with Gasteiger partial charge in [-0.25, -0.2) is 9.97 Å². The van der Waals surface area contributed by atoms with Crippen LogP contribution in [-0.2, 0) is 17.6 Å². The highest BCUT2D eigenvalue weighted by Crippen LogP contribution is 2.20. The first-order valence-electron chi connectivity index (χ1n) is 6.28. The number of carboxylic acid groups (broad SMARTS) is 1. The third-order valence-electron chi connectivity index (χ3n) is 3.04. The van der Waals surface area contributed by atoms with Crippen molar-refractivity contribution in [3.63, 3.8) is 0 Å². The number of aliphatic carboxylic acids is 1. The third-order valence-corrected chi connectivity index (χ3v) is 3.04. The summed E-state index contributed by atoms with van der Waals surface area (Å²) in [6.07, 6.45) is 2.65. The summed E-state index contributed by atoms with van der Waals surface area (Å²) in [7, 11) is 0. The Labute approximate surface area is 112 Å². The van der Waals surface area contributed by atoms with Crippen LogP contribution in [0.5, 0.6) is 0 Å². The number of aromatic nitrogens is 2. The summed E-state index contributed by atoms with van der Waals surface area (Å²) in [5.41, 5.74) is 2.43. The standard InChI is InChI=1S/C15H16N2O2/c1-2-12-9-14(17-10-16-12)13(15(18)19)8-11-6-4-3-5-7-11/h3-7,9-10,13H,2,8H2,1H3,(H,18,19). The van der Waals surface area contributed by atoms with E-state index >= 15 is 0 Å². The van der Waals surface area contributed by atoms with Crippen molar-refractivity contribution in [2.75, 3.05) is 0 Å². The molecule has 0 fully saturated rings. The molecule has 1 N–H and O–H groups in total. The normalized spacial score (nSPS) is 12.1. The Morgan fingerprint density at radius 1 is 1.26 bits per heavy atom. The van der Waals surface area contributed by atoms with E-state index in [1.54, 1.807) is 6.07 Å². The van der Waals surface area contributed by atoms with Gasteiger partial charge in [-0.3, -0.25) is 4.79 Å². The summed E-state index contributed by atoms with van der Waals surface area (Å²) in [6.45, 7) is 1.99. The molecule has 1 aromatic carbocycles. The molecule has 0 aliphatic rings. The number of rotatable bonds is 5. The average molecular weight is 256 g/mol. The maximum atomic E-state index is 11.4. The van der Waals surface area contributed by atoms with Crippen LogP contribution in [0.25, 0.3) is 0 Å². The molecule has 1 aromatic heterocycles. The van der Waals surface area contributed by atoms with Crippen molar-refractivity contribution in [2.24, 2.45) is 0 Å². The summed E-state index contributed by atoms with van der Waals surface area (Å²) in [5, 5.41) is 9.39. The molecule has 0 spiro atoms. The zero-order chi connectivity index (χ0) is 13.7. The smallest absolute Gasteiger partial charge is 0.312 e. The summed E-state index contributed by atoms with van der Waals surface area (Å²) in [4.78, 5) is 19.7. The fraction of sp³-hybridized carbons (Fsp3) is 0.267. The lowest BCUT2D eigenvalue weighted by Gasteiger charge is -2.12. The second-order valence-corrected chi connectivity index (χ2v) is 4.37. The molecule has 2 aromatic rings. The molecule has 1 atom stereocenters. The second kappa shape index (κ2) is 6.09. The fourth-order valence-electron chi connectivity index (χ4n) is 1.97. The number of aryl methyl sites for hydroxylation is 1. The van der Waals surface area contributed by atoms with E-state index in [2.05, 4.69) is 9.97 Å². The zero-order valence-corrected chi connectivity index (χ0v) is 10.8. The molecule has 0 radical (unpaired) electrons. The lowest BCUT2D eigenvalue weighted by atomic mass is 9.95. The van der Waals surface area contributed by atoms with Crippen molar-refractivity contribution in [2.45, 2.75) is 25.7 Å². The van der Waals surface area contributed by atoms with Crippen LogP contribution in [0.15, 0.2) is 42.7 Å². The van der Waals surface area contributed by atoms with Crippen molar-refractivity contribution in [1.29, 1.82) is 0 Å². The number of nitrogens with zero attached hydrogens (tertiary/aromatic N) is 2. The van der Waals surface area contributed by atoms with Crippen LogP contribution in [0.2, 0.25) is 0 Å². The van der Waals surface area contributed by atoms with Gasteiger partial charge in [0.2, 0.25) is 0 Å². The highest BCUT2D eigenvalue weighted by molar-refractivity contribution is 5.75. The molecule has 4 nitrogen and oxygen atoms in total. The van der Waals surface area contributed by atoms with Gasteiger partial charge in [0, 0.05) is 5.69 Å². The van der Waals surface area contributed by atoms with Crippen LogP contribution in [-0.4, -0.2) is 21.0 Å². The van der Waals surface area contributed by atoms with Gasteiger partial charge in [-0.2, -0.15) is 0 Å². The van der Waals surface area contributed by atoms with Gasteiger partial charge in [0.25, 0.3) is 0 Å². The van der Waals surface area contributed by atoms with E-state index < -0.39 is 11.9 Å². The minimum Gasteiger partial charge on any atom is -0.481 e. The minimum atomic E-state index is -0.857. The quantitative estimate of drug-likeness (QED) is 0.892. The van der Waals surface area contributed by atoms with Crippen molar-refractivity contribution >= 4 is 5.97 Å². The number of carboxylic acids is 1. The maximum Gasteiger partial charge on any atom is 0.312 e. The molecule has 0 aliphatic carbocycles. The first-order valence-corrected chi connectivity index (χ1v) is 6.28. The second-order valence-electron chi connectivity index (χ2n) is 4.37. The maximum absolute atomic E-state index is 11.4. The molecule has 0 amide bonds. The lowest BCUT2D eigenvalue weighted by molar-refractivity contribution is -0.138. The Bertz CT molecular complexity index is 555. The van der Waals surface area contributed by atoms with E-state index in [1.165, 1.54) is 6.33 Å². The van der Waals surface area contributed by atoms with Crippen LogP contribution >= 0.6 is 0 Å². The van der Waals surface area contributed by atoms with Crippen molar-refractivity contribution in [1.82, 2.24) is 9.97 Å². The van der Waals surface area contributed by atoms with E-state index in [1.807, 2.05) is 37.3 Å². The Balaban J connectivity index is 2.27. The first-order chi connectivity index (χ1) is 9.20. The molecule has 4 heteroatoms. The van der Waals surface area contributed by atoms with Crippen LogP contribution in [0.3, 0.4) is 0 Å². The molecule has 1 unspecified atom stereocenters. The Morgan fingerprint density at radius 2 is 2.00 bits per heavy atom. The third kappa shape index (κ3) is 3.37. The molecule has 0 aliphatic heterocycles. The largest absolute Gasteiger partial charge is 0.481 e. The highest BCUT2D eigenvalue weighted by atomic mass is 16.4. The van der Waals surface area contributed by atoms with Gasteiger partial charge in [-0.05, 0) is 24.5 Å². The van der Waals surface area contributed by atoms with Gasteiger partial charge in [0.05, 0.1) is 5.69 Å². The number of benzene rings is 1. The number of hydrogen-bond donors (Lipinski definition) is 1. The molecule has 1 heterocycles. The monoisotopic (exact) mass is 256 g/mol. The summed E-state index contributed by atoms with van der Waals surface area (Å²) in [6, 6.07) is 11.4. The minimum absolute atomic E-state index is 0.441. The predicted molar refractivity (Wildman–Crippen MR) is 71.9 cm³/mol. The predicted octanol–water partition coefficient (Wildman–Crippen LogP) is 2.45. The molecule has 98 valence electrons. The summed E-state index contributed by atoms with van der Waals surface area (Å²) >= 11 is 0. The lowest BCUT2D eigenvalue weighted by Crippen LogP contribution is -2.16. The van der Waals surface area contributed by atoms with Crippen molar-refractivity contribution in [3.8, 4) is 0 Å². The summed E-state index contributed by atoms with van der Waals surface area (Å²) < 4.78 is 0. The number of carbonyl (C=O) groups is 1. The van der Waals surface area contributed by atoms with E-state index in [4.69, 9.17) is 0 Å². The topological polar surface area (TPSA) is 63.1 Å². The molecule has 2 rings (SSSR count). The fourth-order valence-corrected chi connectivity index (χ4v) is 1.97. The highest BCUT2D eigenvalue weighted by Gasteiger charge is 2.22. The van der Waals surface area contributed by atoms with Crippen LogP contribution < -0.4 is 0 Å². The molecular weight excluding hydrogens is 240 g/mol. The SMILES string of the molecule is CCc1cc(C(Cc2ccccc2)C(=O)O)ncn1. The van der Waals surface area contributed by atoms with Gasteiger partial charge < -0.3 is 5.11 Å². The van der Waals surface area contributed by atoms with Gasteiger partial charge >= 0.3 is 5.97 Å².